The molecule has 0 radical (unpaired) electrons. The van der Waals surface area contributed by atoms with E-state index in [1.165, 1.54) is 0 Å². The van der Waals surface area contributed by atoms with Crippen molar-refractivity contribution in [1.82, 2.24) is 9.55 Å². The molecule has 1 aliphatic carbocycles. The molecule has 1 N–H and O–H groups in total. The first kappa shape index (κ1) is 16.6. The van der Waals surface area contributed by atoms with Gasteiger partial charge in [-0.3, -0.25) is 4.57 Å². The molecular formula is C20H17Br2N3. The summed E-state index contributed by atoms with van der Waals surface area (Å²) in [6.07, 6.45) is 6.32. The second-order valence-corrected chi connectivity index (χ2v) is 8.04. The Balaban J connectivity index is 1.94. The lowest BCUT2D eigenvalue weighted by Crippen LogP contribution is -2.40. The van der Waals surface area contributed by atoms with Crippen LogP contribution in [0.4, 0.5) is 11.6 Å². The molecule has 3 nitrogen and oxygen atoms in total. The van der Waals surface area contributed by atoms with E-state index in [1.54, 1.807) is 0 Å². The summed E-state index contributed by atoms with van der Waals surface area (Å²) in [6, 6.07) is 18.4. The number of aromatic nitrogens is 2. The first-order chi connectivity index (χ1) is 12.1. The number of nitrogens with one attached hydrogen (secondary N) is 1. The van der Waals surface area contributed by atoms with Gasteiger partial charge in [0.2, 0.25) is 5.95 Å². The molecule has 25 heavy (non-hydrogen) atoms. The first-order valence-corrected chi connectivity index (χ1v) is 9.80. The Hall–Kier alpha value is -1.85. The van der Waals surface area contributed by atoms with E-state index in [4.69, 9.17) is 4.98 Å². The van der Waals surface area contributed by atoms with E-state index in [0.29, 0.717) is 0 Å². The van der Waals surface area contributed by atoms with Gasteiger partial charge in [0.25, 0.3) is 0 Å². The maximum Gasteiger partial charge on any atom is 0.209 e. The average molecular weight is 459 g/mol. The van der Waals surface area contributed by atoms with Crippen molar-refractivity contribution in [3.8, 4) is 0 Å². The highest BCUT2D eigenvalue weighted by Gasteiger charge is 2.40. The maximum atomic E-state index is 4.86. The van der Waals surface area contributed by atoms with Crippen LogP contribution in [0.1, 0.15) is 6.92 Å². The van der Waals surface area contributed by atoms with E-state index in [2.05, 4.69) is 79.0 Å². The van der Waals surface area contributed by atoms with Crippen molar-refractivity contribution in [2.75, 3.05) is 5.32 Å². The third-order valence-electron chi connectivity index (χ3n) is 4.60. The third kappa shape index (κ3) is 2.75. The predicted octanol–water partition coefficient (Wildman–Crippen LogP) is 6.11. The minimum atomic E-state index is -0.331. The number of para-hydroxylation sites is 3. The lowest BCUT2D eigenvalue weighted by Gasteiger charge is -2.38. The maximum absolute atomic E-state index is 4.86. The molecule has 1 aromatic heterocycles. The number of hydrogen-bond acceptors (Lipinski definition) is 2. The molecule has 3 aromatic rings. The summed E-state index contributed by atoms with van der Waals surface area (Å²) >= 11 is 7.63. The Kier molecular flexibility index (Phi) is 4.29. The van der Waals surface area contributed by atoms with Crippen LogP contribution in [0.25, 0.3) is 11.0 Å². The van der Waals surface area contributed by atoms with Crippen LogP contribution < -0.4 is 5.32 Å². The van der Waals surface area contributed by atoms with Crippen molar-refractivity contribution >= 4 is 54.5 Å². The molecule has 0 saturated heterocycles. The fourth-order valence-electron chi connectivity index (χ4n) is 3.19. The molecule has 0 saturated carbocycles. The fourth-order valence-corrected chi connectivity index (χ4v) is 4.70. The molecule has 126 valence electrons. The van der Waals surface area contributed by atoms with E-state index < -0.39 is 0 Å². The Morgan fingerprint density at radius 2 is 1.80 bits per heavy atom. The van der Waals surface area contributed by atoms with Gasteiger partial charge in [0, 0.05) is 10.2 Å². The largest absolute Gasteiger partial charge is 0.326 e. The number of imidazole rings is 1. The smallest absolute Gasteiger partial charge is 0.209 e. The van der Waals surface area contributed by atoms with Crippen molar-refractivity contribution in [2.24, 2.45) is 0 Å². The van der Waals surface area contributed by atoms with Gasteiger partial charge in [-0.25, -0.2) is 4.98 Å². The SMILES string of the molecule is CC1(n2c(Nc3ccccc3)nc3ccccc32)C(Br)=CC=CC1Br. The number of hydrogen-bond donors (Lipinski definition) is 1. The third-order valence-corrected chi connectivity index (χ3v) is 6.86. The number of benzene rings is 2. The second-order valence-electron chi connectivity index (χ2n) is 6.20. The molecule has 2 atom stereocenters. The quantitative estimate of drug-likeness (QED) is 0.480. The molecule has 5 heteroatoms. The van der Waals surface area contributed by atoms with Gasteiger partial charge in [0.05, 0.1) is 21.4 Å². The van der Waals surface area contributed by atoms with Crippen LogP contribution in [0.2, 0.25) is 0 Å². The number of allylic oxidation sites excluding steroid dienone is 4. The van der Waals surface area contributed by atoms with Crippen LogP contribution in [0.15, 0.2) is 77.3 Å². The van der Waals surface area contributed by atoms with Gasteiger partial charge in [0.15, 0.2) is 0 Å². The van der Waals surface area contributed by atoms with Gasteiger partial charge < -0.3 is 5.32 Å². The number of anilines is 2. The van der Waals surface area contributed by atoms with E-state index in [1.807, 2.05) is 42.5 Å². The zero-order valence-corrected chi connectivity index (χ0v) is 16.8. The zero-order valence-electron chi connectivity index (χ0n) is 13.7. The summed E-state index contributed by atoms with van der Waals surface area (Å²) in [5.74, 6) is 0.819. The van der Waals surface area contributed by atoms with E-state index >= 15 is 0 Å². The number of fused-ring (bicyclic) bond motifs is 1. The van der Waals surface area contributed by atoms with E-state index in [-0.39, 0.29) is 10.4 Å². The molecular weight excluding hydrogens is 442 g/mol. The second kappa shape index (κ2) is 6.46. The molecule has 0 spiro atoms. The Bertz CT molecular complexity index is 975. The summed E-state index contributed by atoms with van der Waals surface area (Å²) in [7, 11) is 0. The molecule has 0 fully saturated rings. The van der Waals surface area contributed by atoms with Crippen LogP contribution in [-0.2, 0) is 5.54 Å². The van der Waals surface area contributed by atoms with Crippen molar-refractivity contribution in [2.45, 2.75) is 17.3 Å². The predicted molar refractivity (Wildman–Crippen MR) is 112 cm³/mol. The molecule has 0 aliphatic heterocycles. The molecule has 4 rings (SSSR count). The summed E-state index contributed by atoms with van der Waals surface area (Å²) in [5, 5.41) is 3.48. The molecule has 0 amide bonds. The van der Waals surface area contributed by atoms with Gasteiger partial charge in [-0.2, -0.15) is 0 Å². The van der Waals surface area contributed by atoms with Crippen LogP contribution >= 0.6 is 31.9 Å². The molecule has 2 unspecified atom stereocenters. The topological polar surface area (TPSA) is 29.9 Å². The monoisotopic (exact) mass is 457 g/mol. The van der Waals surface area contributed by atoms with Crippen LogP contribution in [0.5, 0.6) is 0 Å². The number of rotatable bonds is 3. The molecule has 1 heterocycles. The van der Waals surface area contributed by atoms with Gasteiger partial charge in [0.1, 0.15) is 0 Å². The van der Waals surface area contributed by atoms with E-state index in [0.717, 1.165) is 27.2 Å². The molecule has 0 bridgehead atoms. The Morgan fingerprint density at radius 1 is 1.08 bits per heavy atom. The highest BCUT2D eigenvalue weighted by molar-refractivity contribution is 9.12. The highest BCUT2D eigenvalue weighted by atomic mass is 79.9. The molecule has 2 aromatic carbocycles. The molecule has 1 aliphatic rings. The van der Waals surface area contributed by atoms with Gasteiger partial charge >= 0.3 is 0 Å². The van der Waals surface area contributed by atoms with Crippen molar-refractivity contribution in [1.29, 1.82) is 0 Å². The highest BCUT2D eigenvalue weighted by Crippen LogP contribution is 2.44. The number of nitrogens with zero attached hydrogens (tertiary/aromatic N) is 2. The van der Waals surface area contributed by atoms with Crippen LogP contribution in [0.3, 0.4) is 0 Å². The van der Waals surface area contributed by atoms with Crippen molar-refractivity contribution in [3.63, 3.8) is 0 Å². The minimum absolute atomic E-state index is 0.133. The Labute approximate surface area is 163 Å². The van der Waals surface area contributed by atoms with Gasteiger partial charge in [-0.05, 0) is 37.3 Å². The standard InChI is InChI=1S/C20H17Br2N3/c1-20(17(21)12-7-13-18(20)22)25-16-11-6-5-10-15(16)24-19(25)23-14-8-3-2-4-9-14/h2-13,17H,1H3,(H,23,24). The average Bonchev–Trinajstić information content (AvgIpc) is 2.99. The Morgan fingerprint density at radius 3 is 2.56 bits per heavy atom. The summed E-state index contributed by atoms with van der Waals surface area (Å²) in [5.41, 5.74) is 2.74. The number of alkyl halides is 1. The minimum Gasteiger partial charge on any atom is -0.326 e. The summed E-state index contributed by atoms with van der Waals surface area (Å²) in [6.45, 7) is 2.21. The van der Waals surface area contributed by atoms with Crippen molar-refractivity contribution < 1.29 is 0 Å². The van der Waals surface area contributed by atoms with Gasteiger partial charge in [-0.15, -0.1) is 0 Å². The van der Waals surface area contributed by atoms with Crippen molar-refractivity contribution in [3.05, 3.63) is 77.3 Å². The van der Waals surface area contributed by atoms with Crippen LogP contribution in [-0.4, -0.2) is 14.4 Å². The first-order valence-electron chi connectivity index (χ1n) is 8.09. The summed E-state index contributed by atoms with van der Waals surface area (Å²) in [4.78, 5) is 4.99. The normalized spacial score (nSPS) is 22.8. The lowest BCUT2D eigenvalue weighted by molar-refractivity contribution is 0.437. The van der Waals surface area contributed by atoms with Crippen LogP contribution in [0, 0.1) is 0 Å². The fraction of sp³-hybridized carbons (Fsp3) is 0.150. The van der Waals surface area contributed by atoms with E-state index in [9.17, 15) is 0 Å². The number of halogens is 2. The van der Waals surface area contributed by atoms with Gasteiger partial charge in [-0.1, -0.05) is 74.3 Å². The summed E-state index contributed by atoms with van der Waals surface area (Å²) < 4.78 is 3.36. The lowest BCUT2D eigenvalue weighted by atomic mass is 9.92. The zero-order chi connectivity index (χ0) is 17.4.